The SMILES string of the molecule is CC(O)CN1CC(C)OCC1C. The Bertz CT molecular complexity index is 136. The van der Waals surface area contributed by atoms with Gasteiger partial charge in [-0.3, -0.25) is 4.90 Å². The number of nitrogens with zero attached hydrogens (tertiary/aromatic N) is 1. The van der Waals surface area contributed by atoms with Crippen LogP contribution in [0.2, 0.25) is 0 Å². The van der Waals surface area contributed by atoms with E-state index in [0.717, 1.165) is 19.7 Å². The Labute approximate surface area is 74.3 Å². The van der Waals surface area contributed by atoms with Crippen LogP contribution in [0, 0.1) is 0 Å². The first-order valence-electron chi connectivity index (χ1n) is 4.63. The van der Waals surface area contributed by atoms with Crippen LogP contribution in [0.1, 0.15) is 20.8 Å². The van der Waals surface area contributed by atoms with Gasteiger partial charge < -0.3 is 9.84 Å². The molecule has 1 aliphatic heterocycles. The van der Waals surface area contributed by atoms with E-state index in [-0.39, 0.29) is 6.10 Å². The van der Waals surface area contributed by atoms with Gasteiger partial charge in [0.15, 0.2) is 0 Å². The minimum absolute atomic E-state index is 0.238. The average Bonchev–Trinajstić information content (AvgIpc) is 1.96. The normalized spacial score (nSPS) is 35.0. The maximum absolute atomic E-state index is 9.23. The van der Waals surface area contributed by atoms with Gasteiger partial charge in [-0.2, -0.15) is 0 Å². The van der Waals surface area contributed by atoms with Crippen LogP contribution in [0.15, 0.2) is 0 Å². The second-order valence-electron chi connectivity index (χ2n) is 3.80. The largest absolute Gasteiger partial charge is 0.392 e. The summed E-state index contributed by atoms with van der Waals surface area (Å²) in [5.41, 5.74) is 0. The molecule has 0 aromatic heterocycles. The van der Waals surface area contributed by atoms with Crippen LogP contribution in [-0.2, 0) is 4.74 Å². The summed E-state index contributed by atoms with van der Waals surface area (Å²) in [6.45, 7) is 8.51. The van der Waals surface area contributed by atoms with E-state index in [9.17, 15) is 5.11 Å². The molecule has 12 heavy (non-hydrogen) atoms. The molecule has 0 aromatic rings. The highest BCUT2D eigenvalue weighted by Gasteiger charge is 2.23. The fourth-order valence-electron chi connectivity index (χ4n) is 1.57. The first-order valence-corrected chi connectivity index (χ1v) is 4.63. The van der Waals surface area contributed by atoms with Crippen molar-refractivity contribution in [3.05, 3.63) is 0 Å². The third-order valence-electron chi connectivity index (χ3n) is 2.24. The van der Waals surface area contributed by atoms with Crippen molar-refractivity contribution in [1.29, 1.82) is 0 Å². The van der Waals surface area contributed by atoms with E-state index >= 15 is 0 Å². The summed E-state index contributed by atoms with van der Waals surface area (Å²) in [5.74, 6) is 0. The predicted molar refractivity (Wildman–Crippen MR) is 48.1 cm³/mol. The average molecular weight is 173 g/mol. The Balaban J connectivity index is 2.38. The molecule has 0 amide bonds. The molecule has 0 aromatic carbocycles. The molecule has 3 heteroatoms. The van der Waals surface area contributed by atoms with E-state index in [0.29, 0.717) is 12.1 Å². The number of aliphatic hydroxyl groups excluding tert-OH is 1. The highest BCUT2D eigenvalue weighted by molar-refractivity contribution is 4.76. The molecule has 3 atom stereocenters. The molecule has 3 unspecified atom stereocenters. The number of hydrogen-bond acceptors (Lipinski definition) is 3. The molecule has 0 radical (unpaired) electrons. The van der Waals surface area contributed by atoms with Crippen molar-refractivity contribution in [2.45, 2.75) is 39.0 Å². The molecule has 0 saturated carbocycles. The Kier molecular flexibility index (Phi) is 3.50. The molecule has 0 bridgehead atoms. The van der Waals surface area contributed by atoms with Crippen molar-refractivity contribution < 1.29 is 9.84 Å². The lowest BCUT2D eigenvalue weighted by molar-refractivity contribution is -0.0599. The van der Waals surface area contributed by atoms with E-state index in [1.165, 1.54) is 0 Å². The van der Waals surface area contributed by atoms with Crippen molar-refractivity contribution in [2.75, 3.05) is 19.7 Å². The fraction of sp³-hybridized carbons (Fsp3) is 1.00. The minimum atomic E-state index is -0.238. The van der Waals surface area contributed by atoms with Gasteiger partial charge in [0.1, 0.15) is 0 Å². The third-order valence-corrected chi connectivity index (χ3v) is 2.24. The zero-order chi connectivity index (χ0) is 9.14. The Hall–Kier alpha value is -0.120. The van der Waals surface area contributed by atoms with Crippen molar-refractivity contribution >= 4 is 0 Å². The van der Waals surface area contributed by atoms with Gasteiger partial charge in [0.05, 0.1) is 18.8 Å². The summed E-state index contributed by atoms with van der Waals surface area (Å²) in [5, 5.41) is 9.23. The van der Waals surface area contributed by atoms with Crippen molar-refractivity contribution in [1.82, 2.24) is 4.90 Å². The summed E-state index contributed by atoms with van der Waals surface area (Å²) in [6.07, 6.45) is 0.0673. The van der Waals surface area contributed by atoms with Crippen LogP contribution in [-0.4, -0.2) is 48.0 Å². The summed E-state index contributed by atoms with van der Waals surface area (Å²) in [4.78, 5) is 2.28. The quantitative estimate of drug-likeness (QED) is 0.659. The highest BCUT2D eigenvalue weighted by Crippen LogP contribution is 2.11. The number of morpholine rings is 1. The van der Waals surface area contributed by atoms with Gasteiger partial charge >= 0.3 is 0 Å². The van der Waals surface area contributed by atoms with Gasteiger partial charge in [-0.25, -0.2) is 0 Å². The van der Waals surface area contributed by atoms with E-state index < -0.39 is 0 Å². The number of ether oxygens (including phenoxy) is 1. The number of rotatable bonds is 2. The van der Waals surface area contributed by atoms with Crippen LogP contribution in [0.25, 0.3) is 0 Å². The van der Waals surface area contributed by atoms with Crippen LogP contribution in [0.3, 0.4) is 0 Å². The lowest BCUT2D eigenvalue weighted by Crippen LogP contribution is -2.49. The molecule has 1 N–H and O–H groups in total. The monoisotopic (exact) mass is 173 g/mol. The van der Waals surface area contributed by atoms with E-state index in [1.807, 2.05) is 6.92 Å². The topological polar surface area (TPSA) is 32.7 Å². The van der Waals surface area contributed by atoms with Gasteiger partial charge in [0.25, 0.3) is 0 Å². The molecular weight excluding hydrogens is 154 g/mol. The molecule has 1 rings (SSSR count). The summed E-state index contributed by atoms with van der Waals surface area (Å²) < 4.78 is 5.48. The van der Waals surface area contributed by atoms with Gasteiger partial charge in [-0.05, 0) is 20.8 Å². The Morgan fingerprint density at radius 2 is 2.25 bits per heavy atom. The summed E-state index contributed by atoms with van der Waals surface area (Å²) in [7, 11) is 0. The first-order chi connectivity index (χ1) is 5.59. The van der Waals surface area contributed by atoms with Gasteiger partial charge in [-0.1, -0.05) is 0 Å². The van der Waals surface area contributed by atoms with Crippen molar-refractivity contribution in [3.63, 3.8) is 0 Å². The molecule has 1 saturated heterocycles. The zero-order valence-corrected chi connectivity index (χ0v) is 8.16. The second-order valence-corrected chi connectivity index (χ2v) is 3.80. The maximum Gasteiger partial charge on any atom is 0.0674 e. The van der Waals surface area contributed by atoms with Gasteiger partial charge in [0.2, 0.25) is 0 Å². The zero-order valence-electron chi connectivity index (χ0n) is 8.16. The molecule has 0 aliphatic carbocycles. The van der Waals surface area contributed by atoms with Gasteiger partial charge in [-0.15, -0.1) is 0 Å². The number of hydrogen-bond donors (Lipinski definition) is 1. The fourth-order valence-corrected chi connectivity index (χ4v) is 1.57. The second kappa shape index (κ2) is 4.21. The number of β-amino-alcohol motifs (C(OH)–C–C–N with tert-alkyl or cyclic N) is 1. The van der Waals surface area contributed by atoms with Crippen LogP contribution in [0.5, 0.6) is 0 Å². The summed E-state index contributed by atoms with van der Waals surface area (Å²) in [6, 6.07) is 0.441. The van der Waals surface area contributed by atoms with Gasteiger partial charge in [0, 0.05) is 19.1 Å². The van der Waals surface area contributed by atoms with Crippen molar-refractivity contribution in [2.24, 2.45) is 0 Å². The minimum Gasteiger partial charge on any atom is -0.392 e. The molecular formula is C9H19NO2. The highest BCUT2D eigenvalue weighted by atomic mass is 16.5. The van der Waals surface area contributed by atoms with E-state index in [2.05, 4.69) is 18.7 Å². The molecule has 0 spiro atoms. The Morgan fingerprint density at radius 1 is 1.58 bits per heavy atom. The van der Waals surface area contributed by atoms with Crippen LogP contribution in [0.4, 0.5) is 0 Å². The first kappa shape index (κ1) is 9.96. The van der Waals surface area contributed by atoms with Crippen LogP contribution < -0.4 is 0 Å². The lowest BCUT2D eigenvalue weighted by Gasteiger charge is -2.37. The smallest absolute Gasteiger partial charge is 0.0674 e. The van der Waals surface area contributed by atoms with Crippen LogP contribution >= 0.6 is 0 Å². The molecule has 1 aliphatic rings. The molecule has 3 nitrogen and oxygen atoms in total. The summed E-state index contributed by atoms with van der Waals surface area (Å²) >= 11 is 0. The number of aliphatic hydroxyl groups is 1. The molecule has 1 heterocycles. The van der Waals surface area contributed by atoms with E-state index in [4.69, 9.17) is 4.74 Å². The van der Waals surface area contributed by atoms with Crippen molar-refractivity contribution in [3.8, 4) is 0 Å². The molecule has 72 valence electrons. The molecule has 1 fully saturated rings. The maximum atomic E-state index is 9.23. The third kappa shape index (κ3) is 2.73. The Morgan fingerprint density at radius 3 is 2.83 bits per heavy atom. The lowest BCUT2D eigenvalue weighted by atomic mass is 10.2. The predicted octanol–water partition coefficient (Wildman–Crippen LogP) is 0.476. The standard InChI is InChI=1S/C9H19NO2/c1-7-6-12-9(3)5-10(7)4-8(2)11/h7-9,11H,4-6H2,1-3H3. The van der Waals surface area contributed by atoms with E-state index in [1.54, 1.807) is 0 Å².